The number of carbonyl (C=O) groups is 1. The highest BCUT2D eigenvalue weighted by Crippen LogP contribution is 2.37. The third-order valence-corrected chi connectivity index (χ3v) is 3.74. The Kier molecular flexibility index (Phi) is 3.65. The van der Waals surface area contributed by atoms with Gasteiger partial charge in [-0.15, -0.1) is 0 Å². The molecule has 6 nitrogen and oxygen atoms in total. The second-order valence-corrected chi connectivity index (χ2v) is 6.04. The van der Waals surface area contributed by atoms with E-state index in [0.717, 1.165) is 31.4 Å². The van der Waals surface area contributed by atoms with Crippen LogP contribution in [-0.4, -0.2) is 22.0 Å². The van der Waals surface area contributed by atoms with Crippen molar-refractivity contribution in [2.75, 3.05) is 0 Å². The van der Waals surface area contributed by atoms with E-state index in [4.69, 9.17) is 0 Å². The number of carbonyl (C=O) groups excluding carboxylic acids is 1. The molecule has 0 radical (unpaired) electrons. The minimum absolute atomic E-state index is 0.120. The zero-order valence-electron chi connectivity index (χ0n) is 11.5. The van der Waals surface area contributed by atoms with Gasteiger partial charge in [0.15, 0.2) is 5.75 Å². The van der Waals surface area contributed by atoms with Gasteiger partial charge in [0.05, 0.1) is 4.92 Å². The van der Waals surface area contributed by atoms with Crippen LogP contribution in [0, 0.1) is 15.5 Å². The van der Waals surface area contributed by atoms with Crippen LogP contribution in [-0.2, 0) is 0 Å². The van der Waals surface area contributed by atoms with E-state index < -0.39 is 16.4 Å². The monoisotopic (exact) mass is 278 g/mol. The second-order valence-electron chi connectivity index (χ2n) is 6.04. The molecule has 20 heavy (non-hydrogen) atoms. The molecule has 1 aliphatic rings. The summed E-state index contributed by atoms with van der Waals surface area (Å²) in [6.07, 6.45) is 2.90. The number of nitrogens with zero attached hydrogens (tertiary/aromatic N) is 1. The summed E-state index contributed by atoms with van der Waals surface area (Å²) < 4.78 is 0. The molecule has 1 aromatic rings. The molecule has 1 fully saturated rings. The molecule has 2 N–H and O–H groups in total. The van der Waals surface area contributed by atoms with Crippen molar-refractivity contribution in [2.45, 2.75) is 39.2 Å². The number of aromatic hydroxyl groups is 1. The van der Waals surface area contributed by atoms with E-state index in [-0.39, 0.29) is 22.9 Å². The molecule has 0 aromatic heterocycles. The molecular formula is C14H18N2O4. The van der Waals surface area contributed by atoms with Crippen molar-refractivity contribution < 1.29 is 14.8 Å². The average molecular weight is 278 g/mol. The van der Waals surface area contributed by atoms with Gasteiger partial charge in [-0.2, -0.15) is 0 Å². The van der Waals surface area contributed by atoms with Crippen molar-refractivity contribution in [2.24, 2.45) is 5.41 Å². The lowest BCUT2D eigenvalue weighted by Crippen LogP contribution is -2.33. The average Bonchev–Trinajstić information content (AvgIpc) is 2.68. The van der Waals surface area contributed by atoms with Gasteiger partial charge in [0.1, 0.15) is 0 Å². The van der Waals surface area contributed by atoms with E-state index in [2.05, 4.69) is 19.2 Å². The summed E-state index contributed by atoms with van der Waals surface area (Å²) in [5.41, 5.74) is 0.0663. The molecule has 1 atom stereocenters. The molecule has 0 saturated heterocycles. The molecule has 0 heterocycles. The van der Waals surface area contributed by atoms with Crippen molar-refractivity contribution >= 4 is 11.6 Å². The molecule has 108 valence electrons. The van der Waals surface area contributed by atoms with Crippen LogP contribution in [0.1, 0.15) is 43.5 Å². The first-order valence-electron chi connectivity index (χ1n) is 6.57. The summed E-state index contributed by atoms with van der Waals surface area (Å²) in [5, 5.41) is 23.0. The highest BCUT2D eigenvalue weighted by molar-refractivity contribution is 5.95. The Bertz CT molecular complexity index is 554. The van der Waals surface area contributed by atoms with Crippen LogP contribution in [0.5, 0.6) is 5.75 Å². The Morgan fingerprint density at radius 1 is 1.50 bits per heavy atom. The lowest BCUT2D eigenvalue weighted by molar-refractivity contribution is -0.385. The van der Waals surface area contributed by atoms with Crippen molar-refractivity contribution in [1.82, 2.24) is 5.32 Å². The number of rotatable bonds is 3. The van der Waals surface area contributed by atoms with E-state index in [1.54, 1.807) is 0 Å². The summed E-state index contributed by atoms with van der Waals surface area (Å²) in [4.78, 5) is 22.0. The smallest absolute Gasteiger partial charge is 0.310 e. The van der Waals surface area contributed by atoms with E-state index >= 15 is 0 Å². The largest absolute Gasteiger partial charge is 0.502 e. The molecular weight excluding hydrogens is 260 g/mol. The van der Waals surface area contributed by atoms with Crippen LogP contribution < -0.4 is 5.32 Å². The Morgan fingerprint density at radius 3 is 2.70 bits per heavy atom. The number of hydrogen-bond donors (Lipinski definition) is 2. The number of nitrogens with one attached hydrogen (secondary N) is 1. The topological polar surface area (TPSA) is 92.5 Å². The van der Waals surface area contributed by atoms with Gasteiger partial charge in [-0.05, 0) is 36.8 Å². The standard InChI is InChI=1S/C14H18N2O4/c1-14(2)6-5-10(8-14)15-13(18)9-3-4-11(16(19)20)12(17)7-9/h3-4,7,10,17H,5-6,8H2,1-2H3,(H,15,18). The molecule has 6 heteroatoms. The predicted molar refractivity (Wildman–Crippen MR) is 73.6 cm³/mol. The van der Waals surface area contributed by atoms with Gasteiger partial charge in [-0.25, -0.2) is 0 Å². The highest BCUT2D eigenvalue weighted by atomic mass is 16.6. The highest BCUT2D eigenvalue weighted by Gasteiger charge is 2.31. The first-order valence-corrected chi connectivity index (χ1v) is 6.57. The van der Waals surface area contributed by atoms with E-state index in [1.165, 1.54) is 6.07 Å². The minimum Gasteiger partial charge on any atom is -0.502 e. The summed E-state index contributed by atoms with van der Waals surface area (Å²) in [7, 11) is 0. The fourth-order valence-electron chi connectivity index (χ4n) is 2.65. The van der Waals surface area contributed by atoms with Crippen LogP contribution in [0.3, 0.4) is 0 Å². The number of nitro benzene ring substituents is 1. The van der Waals surface area contributed by atoms with Crippen LogP contribution in [0.25, 0.3) is 0 Å². The van der Waals surface area contributed by atoms with Crippen molar-refractivity contribution in [3.05, 3.63) is 33.9 Å². The molecule has 1 aliphatic carbocycles. The fourth-order valence-corrected chi connectivity index (χ4v) is 2.65. The maximum Gasteiger partial charge on any atom is 0.310 e. The maximum atomic E-state index is 12.1. The van der Waals surface area contributed by atoms with E-state index in [1.807, 2.05) is 0 Å². The summed E-state index contributed by atoms with van der Waals surface area (Å²) in [6, 6.07) is 3.75. The van der Waals surface area contributed by atoms with Gasteiger partial charge in [-0.1, -0.05) is 13.8 Å². The predicted octanol–water partition coefficient (Wildman–Crippen LogP) is 2.61. The summed E-state index contributed by atoms with van der Waals surface area (Å²) in [5.74, 6) is -0.799. The Hall–Kier alpha value is -2.11. The molecule has 1 saturated carbocycles. The maximum absolute atomic E-state index is 12.1. The molecule has 2 rings (SSSR count). The van der Waals surface area contributed by atoms with Crippen LogP contribution in [0.2, 0.25) is 0 Å². The quantitative estimate of drug-likeness (QED) is 0.656. The number of amides is 1. The van der Waals surface area contributed by atoms with Crippen LogP contribution in [0.4, 0.5) is 5.69 Å². The number of hydrogen-bond acceptors (Lipinski definition) is 4. The number of phenolic OH excluding ortho intramolecular Hbond substituents is 1. The molecule has 1 aromatic carbocycles. The van der Waals surface area contributed by atoms with Crippen molar-refractivity contribution in [3.63, 3.8) is 0 Å². The third kappa shape index (κ3) is 3.07. The zero-order chi connectivity index (χ0) is 14.9. The van der Waals surface area contributed by atoms with Gasteiger partial charge in [0.2, 0.25) is 0 Å². The summed E-state index contributed by atoms with van der Waals surface area (Å²) in [6.45, 7) is 4.33. The zero-order valence-corrected chi connectivity index (χ0v) is 11.5. The molecule has 0 aliphatic heterocycles. The Morgan fingerprint density at radius 2 is 2.20 bits per heavy atom. The van der Waals surface area contributed by atoms with Gasteiger partial charge in [-0.3, -0.25) is 14.9 Å². The van der Waals surface area contributed by atoms with E-state index in [0.29, 0.717) is 0 Å². The molecule has 1 amide bonds. The molecule has 1 unspecified atom stereocenters. The third-order valence-electron chi connectivity index (χ3n) is 3.74. The lowest BCUT2D eigenvalue weighted by Gasteiger charge is -2.17. The SMILES string of the molecule is CC1(C)CCC(NC(=O)c2ccc([N+](=O)[O-])c(O)c2)C1. The van der Waals surface area contributed by atoms with Crippen molar-refractivity contribution in [1.29, 1.82) is 0 Å². The van der Waals surface area contributed by atoms with Gasteiger partial charge in [0, 0.05) is 17.7 Å². The van der Waals surface area contributed by atoms with Crippen molar-refractivity contribution in [3.8, 4) is 5.75 Å². The van der Waals surface area contributed by atoms with Gasteiger partial charge in [0.25, 0.3) is 5.91 Å². The summed E-state index contributed by atoms with van der Waals surface area (Å²) >= 11 is 0. The number of benzene rings is 1. The lowest BCUT2D eigenvalue weighted by atomic mass is 9.92. The van der Waals surface area contributed by atoms with Crippen LogP contribution in [0.15, 0.2) is 18.2 Å². The van der Waals surface area contributed by atoms with Gasteiger partial charge < -0.3 is 10.4 Å². The van der Waals surface area contributed by atoms with Crippen LogP contribution >= 0.6 is 0 Å². The molecule has 0 spiro atoms. The number of phenols is 1. The normalized spacial score (nSPS) is 20.6. The fraction of sp³-hybridized carbons (Fsp3) is 0.500. The number of nitro groups is 1. The van der Waals surface area contributed by atoms with Gasteiger partial charge >= 0.3 is 5.69 Å². The first kappa shape index (κ1) is 14.3. The second kappa shape index (κ2) is 5.11. The molecule has 0 bridgehead atoms. The Labute approximate surface area is 117 Å². The minimum atomic E-state index is -0.684. The first-order chi connectivity index (χ1) is 9.28. The Balaban J connectivity index is 2.07. The van der Waals surface area contributed by atoms with E-state index in [9.17, 15) is 20.0 Å².